The fourth-order valence-electron chi connectivity index (χ4n) is 2.11. The highest BCUT2D eigenvalue weighted by Crippen LogP contribution is 2.34. The summed E-state index contributed by atoms with van der Waals surface area (Å²) in [6, 6.07) is 3.67. The van der Waals surface area contributed by atoms with Crippen LogP contribution < -0.4 is 10.6 Å². The molecule has 2 N–H and O–H groups in total. The molecule has 2 rings (SSSR count). The first-order valence-corrected chi connectivity index (χ1v) is 8.88. The van der Waals surface area contributed by atoms with E-state index in [0.717, 1.165) is 21.3 Å². The molecule has 122 valence electrons. The summed E-state index contributed by atoms with van der Waals surface area (Å²) in [5.41, 5.74) is 1.53. The number of aromatic nitrogens is 1. The molecule has 0 fully saturated rings. The number of carbonyl (C=O) groups excluding carboxylic acids is 1. The monoisotopic (exact) mass is 413 g/mol. The van der Waals surface area contributed by atoms with Gasteiger partial charge in [-0.1, -0.05) is 6.92 Å². The van der Waals surface area contributed by atoms with Crippen LogP contribution in [0.5, 0.6) is 0 Å². The lowest BCUT2D eigenvalue weighted by molar-refractivity contribution is 0.0601. The van der Waals surface area contributed by atoms with Crippen LogP contribution in [0.2, 0.25) is 0 Å². The van der Waals surface area contributed by atoms with Crippen molar-refractivity contribution in [3.8, 4) is 0 Å². The minimum Gasteiger partial charge on any atom is -0.465 e. The number of nitrogens with one attached hydrogen (secondary N) is 2. The number of hydrogen-bond donors (Lipinski definition) is 2. The molecule has 0 aliphatic carbocycles. The number of pyridine rings is 1. The first kappa shape index (κ1) is 17.8. The molecule has 0 aromatic carbocycles. The second kappa shape index (κ2) is 7.85. The van der Waals surface area contributed by atoms with Gasteiger partial charge in [0.1, 0.15) is 10.8 Å². The van der Waals surface area contributed by atoms with Gasteiger partial charge in [0.15, 0.2) is 5.11 Å². The van der Waals surface area contributed by atoms with E-state index in [1.54, 1.807) is 12.3 Å². The lowest BCUT2D eigenvalue weighted by Gasteiger charge is -2.10. The molecule has 0 spiro atoms. The number of nitrogens with zero attached hydrogens (tertiary/aromatic N) is 1. The first-order valence-electron chi connectivity index (χ1n) is 6.86. The molecule has 0 atom stereocenters. The summed E-state index contributed by atoms with van der Waals surface area (Å²) < 4.78 is 5.78. The molecule has 8 heteroatoms. The number of rotatable bonds is 4. The first-order chi connectivity index (χ1) is 11.0. The number of esters is 1. The molecule has 2 heterocycles. The molecule has 0 bridgehead atoms. The molecule has 2 aromatic heterocycles. The van der Waals surface area contributed by atoms with E-state index in [0.29, 0.717) is 21.5 Å². The van der Waals surface area contributed by atoms with Crippen LogP contribution in [0, 0.1) is 6.92 Å². The van der Waals surface area contributed by atoms with Gasteiger partial charge in [-0.2, -0.15) is 0 Å². The Balaban J connectivity index is 2.20. The second-order valence-corrected chi connectivity index (χ2v) is 7.18. The number of aryl methyl sites for hydroxylation is 1. The fraction of sp³-hybridized carbons (Fsp3) is 0.267. The number of thiocarbonyl (C=S) groups is 1. The van der Waals surface area contributed by atoms with Gasteiger partial charge in [-0.25, -0.2) is 9.78 Å². The Morgan fingerprint density at radius 1 is 1.43 bits per heavy atom. The molecule has 0 amide bonds. The van der Waals surface area contributed by atoms with Crippen molar-refractivity contribution in [2.75, 3.05) is 17.7 Å². The van der Waals surface area contributed by atoms with Gasteiger partial charge in [0, 0.05) is 15.5 Å². The number of methoxy groups -OCH3 is 1. The summed E-state index contributed by atoms with van der Waals surface area (Å²) in [7, 11) is 1.38. The Bertz CT molecular complexity index is 729. The quantitative estimate of drug-likeness (QED) is 0.572. The molecule has 0 saturated heterocycles. The molecule has 0 aliphatic heterocycles. The molecule has 2 aromatic rings. The van der Waals surface area contributed by atoms with Crippen molar-refractivity contribution in [2.24, 2.45) is 0 Å². The Kier molecular flexibility index (Phi) is 6.09. The van der Waals surface area contributed by atoms with Crippen LogP contribution in [-0.4, -0.2) is 23.2 Å². The zero-order valence-electron chi connectivity index (χ0n) is 12.9. The summed E-state index contributed by atoms with van der Waals surface area (Å²) in [4.78, 5) is 17.3. The van der Waals surface area contributed by atoms with Gasteiger partial charge in [-0.15, -0.1) is 11.3 Å². The maximum atomic E-state index is 12.1. The van der Waals surface area contributed by atoms with Gasteiger partial charge in [-0.05, 0) is 59.2 Å². The van der Waals surface area contributed by atoms with E-state index >= 15 is 0 Å². The highest BCUT2D eigenvalue weighted by Gasteiger charge is 2.22. The Morgan fingerprint density at radius 3 is 2.74 bits per heavy atom. The van der Waals surface area contributed by atoms with E-state index in [9.17, 15) is 4.79 Å². The number of halogens is 1. The molecular formula is C15H16BrN3O2S2. The largest absolute Gasteiger partial charge is 0.465 e. The Morgan fingerprint density at radius 2 is 2.17 bits per heavy atom. The van der Waals surface area contributed by atoms with Crippen molar-refractivity contribution < 1.29 is 9.53 Å². The molecular weight excluding hydrogens is 398 g/mol. The van der Waals surface area contributed by atoms with Crippen molar-refractivity contribution in [3.63, 3.8) is 0 Å². The van der Waals surface area contributed by atoms with Crippen LogP contribution >= 0.6 is 39.5 Å². The summed E-state index contributed by atoms with van der Waals surface area (Å²) in [5.74, 6) is 0.257. The van der Waals surface area contributed by atoms with Crippen LogP contribution in [0.4, 0.5) is 10.8 Å². The van der Waals surface area contributed by atoms with Crippen molar-refractivity contribution in [3.05, 3.63) is 38.8 Å². The van der Waals surface area contributed by atoms with E-state index in [1.807, 2.05) is 19.9 Å². The molecule has 0 radical (unpaired) electrons. The van der Waals surface area contributed by atoms with Crippen molar-refractivity contribution in [1.82, 2.24) is 4.98 Å². The van der Waals surface area contributed by atoms with Gasteiger partial charge in [0.2, 0.25) is 0 Å². The number of ether oxygens (including phenoxy) is 1. The van der Waals surface area contributed by atoms with Crippen LogP contribution in [0.15, 0.2) is 22.8 Å². The number of thiophene rings is 1. The van der Waals surface area contributed by atoms with E-state index < -0.39 is 0 Å². The predicted molar refractivity (Wildman–Crippen MR) is 102 cm³/mol. The van der Waals surface area contributed by atoms with Crippen molar-refractivity contribution in [2.45, 2.75) is 20.3 Å². The smallest absolute Gasteiger partial charge is 0.341 e. The third-order valence-electron chi connectivity index (χ3n) is 3.15. The average Bonchev–Trinajstić information content (AvgIpc) is 2.83. The minimum atomic E-state index is -0.363. The van der Waals surface area contributed by atoms with Crippen LogP contribution in [0.3, 0.4) is 0 Å². The Labute approximate surface area is 152 Å². The number of anilines is 2. The van der Waals surface area contributed by atoms with Crippen molar-refractivity contribution in [1.29, 1.82) is 0 Å². The maximum Gasteiger partial charge on any atom is 0.341 e. The van der Waals surface area contributed by atoms with Crippen molar-refractivity contribution >= 4 is 61.4 Å². The van der Waals surface area contributed by atoms with Crippen LogP contribution in [0.1, 0.15) is 27.7 Å². The summed E-state index contributed by atoms with van der Waals surface area (Å²) in [6.45, 7) is 3.99. The van der Waals surface area contributed by atoms with Gasteiger partial charge >= 0.3 is 5.97 Å². The van der Waals surface area contributed by atoms with Gasteiger partial charge in [0.25, 0.3) is 0 Å². The van der Waals surface area contributed by atoms with Crippen LogP contribution in [0.25, 0.3) is 0 Å². The number of hydrogen-bond acceptors (Lipinski definition) is 5. The normalized spacial score (nSPS) is 10.3. The maximum absolute atomic E-state index is 12.1. The standard InChI is InChI=1S/C15H16BrN3O2S2/c1-4-10-8(2)23-13(12(10)14(20)21-3)19-15(22)18-11-6-5-9(16)7-17-11/h5-7H,4H2,1-3H3,(H2,17,18,19,22). The average molecular weight is 414 g/mol. The Hall–Kier alpha value is -1.51. The van der Waals surface area contributed by atoms with Gasteiger partial charge in [0.05, 0.1) is 12.7 Å². The number of carbonyl (C=O) groups is 1. The second-order valence-electron chi connectivity index (χ2n) is 4.63. The molecule has 0 aliphatic rings. The summed E-state index contributed by atoms with van der Waals surface area (Å²) in [5, 5.41) is 7.11. The SMILES string of the molecule is CCc1c(C)sc(NC(=S)Nc2ccc(Br)cn2)c1C(=O)OC. The molecule has 23 heavy (non-hydrogen) atoms. The molecule has 5 nitrogen and oxygen atoms in total. The van der Waals surface area contributed by atoms with Gasteiger partial charge in [-0.3, -0.25) is 0 Å². The van der Waals surface area contributed by atoms with Crippen LogP contribution in [-0.2, 0) is 11.2 Å². The highest BCUT2D eigenvalue weighted by atomic mass is 79.9. The zero-order chi connectivity index (χ0) is 17.0. The van der Waals surface area contributed by atoms with E-state index in [4.69, 9.17) is 17.0 Å². The van der Waals surface area contributed by atoms with E-state index in [2.05, 4.69) is 31.5 Å². The van der Waals surface area contributed by atoms with E-state index in [1.165, 1.54) is 18.4 Å². The zero-order valence-corrected chi connectivity index (χ0v) is 16.1. The summed E-state index contributed by atoms with van der Waals surface area (Å²) >= 11 is 10.1. The van der Waals surface area contributed by atoms with Gasteiger partial charge < -0.3 is 15.4 Å². The lowest BCUT2D eigenvalue weighted by Crippen LogP contribution is -2.20. The highest BCUT2D eigenvalue weighted by molar-refractivity contribution is 9.10. The third kappa shape index (κ3) is 4.27. The third-order valence-corrected chi connectivity index (χ3v) is 4.88. The minimum absolute atomic E-state index is 0.363. The fourth-order valence-corrected chi connectivity index (χ4v) is 3.75. The topological polar surface area (TPSA) is 63.2 Å². The summed E-state index contributed by atoms with van der Waals surface area (Å²) in [6.07, 6.45) is 2.43. The molecule has 0 saturated carbocycles. The predicted octanol–water partition coefficient (Wildman–Crippen LogP) is 4.37. The molecule has 0 unspecified atom stereocenters. The lowest BCUT2D eigenvalue weighted by atomic mass is 10.1. The van der Waals surface area contributed by atoms with E-state index in [-0.39, 0.29) is 5.97 Å².